The van der Waals surface area contributed by atoms with Gasteiger partial charge in [-0.1, -0.05) is 42.5 Å². The maximum absolute atomic E-state index is 6.02. The third-order valence-corrected chi connectivity index (χ3v) is 3.71. The number of hydrogen-bond donors (Lipinski definition) is 1. The summed E-state index contributed by atoms with van der Waals surface area (Å²) in [5.41, 5.74) is 9.92. The Morgan fingerprint density at radius 2 is 1.89 bits per heavy atom. The maximum atomic E-state index is 6.02. The quantitative estimate of drug-likeness (QED) is 0.912. The summed E-state index contributed by atoms with van der Waals surface area (Å²) in [6.45, 7) is 0.628. The topological polar surface area (TPSA) is 35.2 Å². The number of hydrogen-bond acceptors (Lipinski definition) is 2. The van der Waals surface area contributed by atoms with E-state index in [1.54, 1.807) is 0 Å². The van der Waals surface area contributed by atoms with Crippen molar-refractivity contribution in [2.24, 2.45) is 5.73 Å². The monoisotopic (exact) mass is 253 g/mol. The van der Waals surface area contributed by atoms with Gasteiger partial charge in [0.1, 0.15) is 12.4 Å². The largest absolute Gasteiger partial charge is 0.489 e. The number of ether oxygens (including phenoxy) is 1. The Balaban J connectivity index is 1.77. The van der Waals surface area contributed by atoms with Gasteiger partial charge in [-0.3, -0.25) is 0 Å². The lowest BCUT2D eigenvalue weighted by atomic mass is 9.88. The van der Waals surface area contributed by atoms with Crippen LogP contribution in [0.15, 0.2) is 48.5 Å². The third kappa shape index (κ3) is 2.79. The molecule has 0 spiro atoms. The zero-order valence-electron chi connectivity index (χ0n) is 11.0. The molecule has 3 rings (SSSR count). The van der Waals surface area contributed by atoms with Crippen LogP contribution in [0, 0.1) is 0 Å². The highest BCUT2D eigenvalue weighted by Gasteiger charge is 2.18. The van der Waals surface area contributed by atoms with Crippen LogP contribution < -0.4 is 10.5 Å². The molecule has 0 aromatic heterocycles. The summed E-state index contributed by atoms with van der Waals surface area (Å²) in [7, 11) is 0. The Morgan fingerprint density at radius 1 is 1.05 bits per heavy atom. The molecule has 2 aromatic rings. The van der Waals surface area contributed by atoms with Crippen LogP contribution in [0.1, 0.15) is 23.1 Å². The fraction of sp³-hybridized carbons (Fsp3) is 0.294. The molecule has 1 unspecified atom stereocenters. The molecular weight excluding hydrogens is 234 g/mol. The van der Waals surface area contributed by atoms with Gasteiger partial charge in [0.25, 0.3) is 0 Å². The van der Waals surface area contributed by atoms with Gasteiger partial charge in [0.2, 0.25) is 0 Å². The van der Waals surface area contributed by atoms with Crippen LogP contribution in [0.4, 0.5) is 0 Å². The normalized spacial score (nSPS) is 17.8. The summed E-state index contributed by atoms with van der Waals surface area (Å²) in [4.78, 5) is 0. The second kappa shape index (κ2) is 5.45. The molecule has 2 N–H and O–H groups in total. The lowest BCUT2D eigenvalue weighted by Gasteiger charge is -2.23. The molecule has 19 heavy (non-hydrogen) atoms. The second-order valence-corrected chi connectivity index (χ2v) is 5.17. The van der Waals surface area contributed by atoms with E-state index < -0.39 is 0 Å². The van der Waals surface area contributed by atoms with E-state index in [9.17, 15) is 0 Å². The smallest absolute Gasteiger partial charge is 0.123 e. The minimum atomic E-state index is 0.303. The summed E-state index contributed by atoms with van der Waals surface area (Å²) in [5.74, 6) is 1.02. The first-order chi connectivity index (χ1) is 9.33. The SMILES string of the molecule is NC1CCc2c(cccc2OCc2ccccc2)C1. The van der Waals surface area contributed by atoms with E-state index in [0.29, 0.717) is 12.6 Å². The molecule has 0 saturated carbocycles. The molecule has 0 bridgehead atoms. The van der Waals surface area contributed by atoms with E-state index >= 15 is 0 Å². The van der Waals surface area contributed by atoms with Crippen molar-refractivity contribution in [3.63, 3.8) is 0 Å². The van der Waals surface area contributed by atoms with Crippen molar-refractivity contribution in [1.82, 2.24) is 0 Å². The number of benzene rings is 2. The minimum absolute atomic E-state index is 0.303. The summed E-state index contributed by atoms with van der Waals surface area (Å²) in [5, 5.41) is 0. The number of nitrogens with two attached hydrogens (primary N) is 1. The van der Waals surface area contributed by atoms with Gasteiger partial charge in [-0.15, -0.1) is 0 Å². The average Bonchev–Trinajstić information content (AvgIpc) is 2.45. The van der Waals surface area contributed by atoms with Gasteiger partial charge in [-0.2, -0.15) is 0 Å². The van der Waals surface area contributed by atoms with Crippen LogP contribution in [0.5, 0.6) is 5.75 Å². The lowest BCUT2D eigenvalue weighted by Crippen LogP contribution is -2.28. The van der Waals surface area contributed by atoms with E-state index in [4.69, 9.17) is 10.5 Å². The van der Waals surface area contributed by atoms with Gasteiger partial charge in [-0.05, 0) is 42.0 Å². The molecule has 1 atom stereocenters. The summed E-state index contributed by atoms with van der Waals surface area (Å²) in [6.07, 6.45) is 3.05. The Morgan fingerprint density at radius 3 is 2.74 bits per heavy atom. The summed E-state index contributed by atoms with van der Waals surface area (Å²) >= 11 is 0. The first kappa shape index (κ1) is 12.2. The van der Waals surface area contributed by atoms with Crippen molar-refractivity contribution in [2.75, 3.05) is 0 Å². The van der Waals surface area contributed by atoms with Crippen LogP contribution >= 0.6 is 0 Å². The van der Waals surface area contributed by atoms with Crippen molar-refractivity contribution in [1.29, 1.82) is 0 Å². The zero-order chi connectivity index (χ0) is 13.1. The molecule has 0 heterocycles. The Kier molecular flexibility index (Phi) is 3.51. The number of rotatable bonds is 3. The van der Waals surface area contributed by atoms with Gasteiger partial charge in [0.05, 0.1) is 0 Å². The molecule has 0 radical (unpaired) electrons. The molecule has 1 aliphatic carbocycles. The first-order valence-electron chi connectivity index (χ1n) is 6.86. The second-order valence-electron chi connectivity index (χ2n) is 5.17. The molecule has 0 aliphatic heterocycles. The minimum Gasteiger partial charge on any atom is -0.489 e. The van der Waals surface area contributed by atoms with Gasteiger partial charge in [0, 0.05) is 6.04 Å². The van der Waals surface area contributed by atoms with Gasteiger partial charge < -0.3 is 10.5 Å². The summed E-state index contributed by atoms with van der Waals surface area (Å²) in [6, 6.07) is 16.9. The standard InChI is InChI=1S/C17H19NO/c18-15-9-10-16-14(11-15)7-4-8-17(16)19-12-13-5-2-1-3-6-13/h1-8,15H,9-12,18H2. The maximum Gasteiger partial charge on any atom is 0.123 e. The predicted octanol–water partition coefficient (Wildman–Crippen LogP) is 3.08. The predicted molar refractivity (Wildman–Crippen MR) is 77.2 cm³/mol. The van der Waals surface area contributed by atoms with Crippen LogP contribution in [0.25, 0.3) is 0 Å². The average molecular weight is 253 g/mol. The highest BCUT2D eigenvalue weighted by Crippen LogP contribution is 2.29. The molecule has 0 fully saturated rings. The lowest BCUT2D eigenvalue weighted by molar-refractivity contribution is 0.301. The Labute approximate surface area is 114 Å². The van der Waals surface area contributed by atoms with Gasteiger partial charge in [-0.25, -0.2) is 0 Å². The highest BCUT2D eigenvalue weighted by molar-refractivity contribution is 5.42. The van der Waals surface area contributed by atoms with Crippen molar-refractivity contribution in [2.45, 2.75) is 31.9 Å². The molecule has 98 valence electrons. The van der Waals surface area contributed by atoms with Crippen molar-refractivity contribution in [3.8, 4) is 5.75 Å². The molecular formula is C17H19NO. The zero-order valence-corrected chi connectivity index (χ0v) is 11.0. The molecule has 2 nitrogen and oxygen atoms in total. The first-order valence-corrected chi connectivity index (χ1v) is 6.86. The Hall–Kier alpha value is -1.80. The molecule has 0 saturated heterocycles. The van der Waals surface area contributed by atoms with Crippen LogP contribution in [0.2, 0.25) is 0 Å². The van der Waals surface area contributed by atoms with Crippen LogP contribution in [-0.4, -0.2) is 6.04 Å². The molecule has 2 heteroatoms. The van der Waals surface area contributed by atoms with Crippen LogP contribution in [-0.2, 0) is 19.4 Å². The van der Waals surface area contributed by atoms with Gasteiger partial charge in [0.15, 0.2) is 0 Å². The summed E-state index contributed by atoms with van der Waals surface area (Å²) < 4.78 is 5.98. The van der Waals surface area contributed by atoms with E-state index in [0.717, 1.165) is 25.0 Å². The van der Waals surface area contributed by atoms with E-state index in [1.165, 1.54) is 16.7 Å². The molecule has 0 amide bonds. The number of fused-ring (bicyclic) bond motifs is 1. The molecule has 1 aliphatic rings. The Bertz CT molecular complexity index is 550. The van der Waals surface area contributed by atoms with E-state index in [1.807, 2.05) is 18.2 Å². The van der Waals surface area contributed by atoms with E-state index in [2.05, 4.69) is 30.3 Å². The third-order valence-electron chi connectivity index (χ3n) is 3.71. The van der Waals surface area contributed by atoms with Crippen molar-refractivity contribution in [3.05, 3.63) is 65.2 Å². The van der Waals surface area contributed by atoms with Crippen LogP contribution in [0.3, 0.4) is 0 Å². The van der Waals surface area contributed by atoms with Gasteiger partial charge >= 0.3 is 0 Å². The van der Waals surface area contributed by atoms with Crippen molar-refractivity contribution >= 4 is 0 Å². The highest BCUT2D eigenvalue weighted by atomic mass is 16.5. The van der Waals surface area contributed by atoms with Crippen molar-refractivity contribution < 1.29 is 4.74 Å². The van der Waals surface area contributed by atoms with E-state index in [-0.39, 0.29) is 0 Å². The fourth-order valence-corrected chi connectivity index (χ4v) is 2.67. The fourth-order valence-electron chi connectivity index (χ4n) is 2.67. The molecule has 2 aromatic carbocycles.